The number of likely N-dealkylation sites (N-methyl/N-ethyl adjacent to an activating group) is 1. The van der Waals surface area contributed by atoms with Gasteiger partial charge in [-0.05, 0) is 46.7 Å². The molecule has 1 heterocycles. The summed E-state index contributed by atoms with van der Waals surface area (Å²) >= 11 is 0. The maximum atomic E-state index is 9.50. The Morgan fingerprint density at radius 1 is 1.44 bits per heavy atom. The predicted molar refractivity (Wildman–Crippen MR) is 74.9 cm³/mol. The van der Waals surface area contributed by atoms with Gasteiger partial charge in [-0.3, -0.25) is 4.90 Å². The van der Waals surface area contributed by atoms with E-state index in [0.29, 0.717) is 0 Å². The average molecular weight is 258 g/mol. The van der Waals surface area contributed by atoms with E-state index >= 15 is 0 Å². The Kier molecular flexibility index (Phi) is 6.05. The lowest BCUT2D eigenvalue weighted by Crippen LogP contribution is -2.49. The first-order chi connectivity index (χ1) is 8.47. The van der Waals surface area contributed by atoms with Crippen LogP contribution >= 0.6 is 0 Å². The van der Waals surface area contributed by atoms with Gasteiger partial charge in [-0.2, -0.15) is 0 Å². The molecule has 1 fully saturated rings. The van der Waals surface area contributed by atoms with Gasteiger partial charge in [0.2, 0.25) is 0 Å². The fraction of sp³-hybridized carbons (Fsp3) is 1.00. The molecule has 4 heteroatoms. The number of morpholine rings is 1. The zero-order chi connectivity index (χ0) is 13.6. The second-order valence-electron chi connectivity index (χ2n) is 6.03. The van der Waals surface area contributed by atoms with Gasteiger partial charge in [-0.15, -0.1) is 0 Å². The van der Waals surface area contributed by atoms with Crippen LogP contribution in [-0.4, -0.2) is 61.0 Å². The van der Waals surface area contributed by atoms with Crippen LogP contribution in [0.3, 0.4) is 0 Å². The zero-order valence-electron chi connectivity index (χ0n) is 12.5. The van der Waals surface area contributed by atoms with Crippen LogP contribution in [0.5, 0.6) is 0 Å². The van der Waals surface area contributed by atoms with Gasteiger partial charge in [0, 0.05) is 18.6 Å². The molecule has 1 aliphatic rings. The maximum Gasteiger partial charge on any atom is 0.0753 e. The number of rotatable bonds is 7. The minimum Gasteiger partial charge on any atom is -0.394 e. The second kappa shape index (κ2) is 6.85. The standard InChI is InChI=1S/C14H30N2O2/c1-5-14(12-17,15-4)7-6-8-16-9-10-18-13(2,3)11-16/h15,17H,5-12H2,1-4H3. The lowest BCUT2D eigenvalue weighted by molar-refractivity contribution is -0.0864. The Hall–Kier alpha value is -0.160. The molecule has 1 rings (SSSR count). The summed E-state index contributed by atoms with van der Waals surface area (Å²) in [5.41, 5.74) is -0.109. The number of nitrogens with zero attached hydrogens (tertiary/aromatic N) is 1. The highest BCUT2D eigenvalue weighted by atomic mass is 16.5. The van der Waals surface area contributed by atoms with E-state index in [0.717, 1.165) is 45.5 Å². The van der Waals surface area contributed by atoms with Crippen LogP contribution in [-0.2, 0) is 4.74 Å². The highest BCUT2D eigenvalue weighted by molar-refractivity contribution is 4.85. The summed E-state index contributed by atoms with van der Waals surface area (Å²) in [5, 5.41) is 12.8. The largest absolute Gasteiger partial charge is 0.394 e. The molecule has 1 aliphatic heterocycles. The number of ether oxygens (including phenoxy) is 1. The Labute approximate surface area is 112 Å². The molecule has 0 aromatic rings. The number of hydrogen-bond acceptors (Lipinski definition) is 4. The van der Waals surface area contributed by atoms with Crippen molar-refractivity contribution in [2.75, 3.05) is 39.9 Å². The third kappa shape index (κ3) is 4.50. The van der Waals surface area contributed by atoms with Crippen molar-refractivity contribution in [2.45, 2.75) is 51.2 Å². The summed E-state index contributed by atoms with van der Waals surface area (Å²) in [5.74, 6) is 0. The van der Waals surface area contributed by atoms with Crippen molar-refractivity contribution < 1.29 is 9.84 Å². The lowest BCUT2D eigenvalue weighted by Gasteiger charge is -2.39. The van der Waals surface area contributed by atoms with Gasteiger partial charge < -0.3 is 15.2 Å². The summed E-state index contributed by atoms with van der Waals surface area (Å²) in [7, 11) is 1.94. The van der Waals surface area contributed by atoms with Crippen LogP contribution in [0.25, 0.3) is 0 Å². The summed E-state index contributed by atoms with van der Waals surface area (Å²) in [6, 6.07) is 0. The van der Waals surface area contributed by atoms with Crippen LogP contribution in [0.15, 0.2) is 0 Å². The van der Waals surface area contributed by atoms with Crippen LogP contribution in [0.1, 0.15) is 40.0 Å². The van der Waals surface area contributed by atoms with Crippen molar-refractivity contribution in [3.63, 3.8) is 0 Å². The van der Waals surface area contributed by atoms with E-state index in [1.165, 1.54) is 0 Å². The topological polar surface area (TPSA) is 44.7 Å². The van der Waals surface area contributed by atoms with E-state index in [2.05, 4.69) is 31.0 Å². The molecular weight excluding hydrogens is 228 g/mol. The van der Waals surface area contributed by atoms with Crippen molar-refractivity contribution in [3.8, 4) is 0 Å². The maximum absolute atomic E-state index is 9.50. The molecule has 0 spiro atoms. The Balaban J connectivity index is 2.32. The summed E-state index contributed by atoms with van der Waals surface area (Å²) < 4.78 is 5.71. The first-order valence-electron chi connectivity index (χ1n) is 7.13. The smallest absolute Gasteiger partial charge is 0.0753 e. The predicted octanol–water partition coefficient (Wildman–Crippen LogP) is 1.24. The monoisotopic (exact) mass is 258 g/mol. The van der Waals surface area contributed by atoms with Gasteiger partial charge in [0.05, 0.1) is 18.8 Å². The molecule has 0 saturated carbocycles. The number of aliphatic hydroxyl groups is 1. The molecular formula is C14H30N2O2. The van der Waals surface area contributed by atoms with E-state index in [9.17, 15) is 5.11 Å². The van der Waals surface area contributed by atoms with E-state index in [-0.39, 0.29) is 17.7 Å². The van der Waals surface area contributed by atoms with Gasteiger partial charge in [0.1, 0.15) is 0 Å². The van der Waals surface area contributed by atoms with Gasteiger partial charge in [0.15, 0.2) is 0 Å². The first kappa shape index (κ1) is 15.9. The van der Waals surface area contributed by atoms with Crippen LogP contribution in [0, 0.1) is 0 Å². The van der Waals surface area contributed by atoms with E-state index in [1.54, 1.807) is 0 Å². The van der Waals surface area contributed by atoms with Crippen molar-refractivity contribution in [2.24, 2.45) is 0 Å². The Morgan fingerprint density at radius 2 is 2.17 bits per heavy atom. The number of aliphatic hydroxyl groups excluding tert-OH is 1. The highest BCUT2D eigenvalue weighted by Gasteiger charge is 2.28. The molecule has 4 nitrogen and oxygen atoms in total. The van der Waals surface area contributed by atoms with E-state index < -0.39 is 0 Å². The molecule has 0 aromatic heterocycles. The molecule has 0 radical (unpaired) electrons. The number of nitrogens with one attached hydrogen (secondary N) is 1. The van der Waals surface area contributed by atoms with Crippen LogP contribution in [0.2, 0.25) is 0 Å². The molecule has 2 N–H and O–H groups in total. The molecule has 108 valence electrons. The van der Waals surface area contributed by atoms with Crippen molar-refractivity contribution in [1.29, 1.82) is 0 Å². The summed E-state index contributed by atoms with van der Waals surface area (Å²) in [4.78, 5) is 2.47. The number of hydrogen-bond donors (Lipinski definition) is 2. The Bertz CT molecular complexity index is 232. The van der Waals surface area contributed by atoms with E-state index in [1.807, 2.05) is 7.05 Å². The molecule has 0 aromatic carbocycles. The van der Waals surface area contributed by atoms with Crippen molar-refractivity contribution in [3.05, 3.63) is 0 Å². The third-order valence-electron chi connectivity index (χ3n) is 4.14. The molecule has 0 amide bonds. The fourth-order valence-corrected chi connectivity index (χ4v) is 2.69. The molecule has 1 unspecified atom stereocenters. The minimum absolute atomic E-state index is 0.0138. The SMILES string of the molecule is CCC(CO)(CCCN1CCOC(C)(C)C1)NC. The van der Waals surface area contributed by atoms with E-state index in [4.69, 9.17) is 4.74 Å². The average Bonchev–Trinajstić information content (AvgIpc) is 2.34. The normalized spacial score (nSPS) is 23.8. The Morgan fingerprint density at radius 3 is 2.67 bits per heavy atom. The summed E-state index contributed by atoms with van der Waals surface area (Å²) in [6.45, 7) is 10.6. The summed E-state index contributed by atoms with van der Waals surface area (Å²) in [6.07, 6.45) is 3.11. The lowest BCUT2D eigenvalue weighted by atomic mass is 9.91. The fourth-order valence-electron chi connectivity index (χ4n) is 2.69. The zero-order valence-corrected chi connectivity index (χ0v) is 12.5. The molecule has 0 bridgehead atoms. The van der Waals surface area contributed by atoms with Gasteiger partial charge >= 0.3 is 0 Å². The van der Waals surface area contributed by atoms with Gasteiger partial charge in [-0.1, -0.05) is 6.92 Å². The van der Waals surface area contributed by atoms with Gasteiger partial charge in [0.25, 0.3) is 0 Å². The molecule has 18 heavy (non-hydrogen) atoms. The van der Waals surface area contributed by atoms with Crippen LogP contribution in [0.4, 0.5) is 0 Å². The van der Waals surface area contributed by atoms with Gasteiger partial charge in [-0.25, -0.2) is 0 Å². The molecule has 0 aliphatic carbocycles. The van der Waals surface area contributed by atoms with Crippen molar-refractivity contribution in [1.82, 2.24) is 10.2 Å². The minimum atomic E-state index is -0.0954. The quantitative estimate of drug-likeness (QED) is 0.721. The first-order valence-corrected chi connectivity index (χ1v) is 7.13. The highest BCUT2D eigenvalue weighted by Crippen LogP contribution is 2.19. The van der Waals surface area contributed by atoms with Crippen molar-refractivity contribution >= 4 is 0 Å². The molecule has 1 atom stereocenters. The second-order valence-corrected chi connectivity index (χ2v) is 6.03. The van der Waals surface area contributed by atoms with Crippen LogP contribution < -0.4 is 5.32 Å². The third-order valence-corrected chi connectivity index (χ3v) is 4.14. The molecule has 1 saturated heterocycles.